The zero-order chi connectivity index (χ0) is 14.5. The third-order valence-corrected chi connectivity index (χ3v) is 3.36. The number of esters is 1. The summed E-state index contributed by atoms with van der Waals surface area (Å²) in [7, 11) is 3.33. The highest BCUT2D eigenvalue weighted by Crippen LogP contribution is 2.25. The molecule has 0 fully saturated rings. The second kappa shape index (κ2) is 6.29. The fraction of sp³-hybridized carbons (Fsp3) is 0.353. The summed E-state index contributed by atoms with van der Waals surface area (Å²) < 4.78 is 6.86. The van der Waals surface area contributed by atoms with Gasteiger partial charge in [-0.15, -0.1) is 0 Å². The van der Waals surface area contributed by atoms with Crippen LogP contribution in [0.15, 0.2) is 24.3 Å². The molecule has 0 amide bonds. The maximum atomic E-state index is 12.0. The first-order chi connectivity index (χ1) is 9.70. The Labute approximate surface area is 119 Å². The summed E-state index contributed by atoms with van der Waals surface area (Å²) in [6, 6.07) is 7.79. The minimum atomic E-state index is -0.332. The summed E-state index contributed by atoms with van der Waals surface area (Å²) in [5.74, 6) is 5.95. The number of carbonyl (C=O) groups is 1. The number of methoxy groups -OCH3 is 1. The molecule has 0 radical (unpaired) electrons. The Balaban J connectivity index is 2.58. The van der Waals surface area contributed by atoms with E-state index in [2.05, 4.69) is 18.8 Å². The highest BCUT2D eigenvalue weighted by atomic mass is 16.5. The molecular formula is C17H19NO2. The lowest BCUT2D eigenvalue weighted by atomic mass is 10.1. The van der Waals surface area contributed by atoms with Crippen molar-refractivity contribution in [1.82, 2.24) is 4.57 Å². The van der Waals surface area contributed by atoms with Crippen LogP contribution in [-0.4, -0.2) is 17.6 Å². The minimum Gasteiger partial charge on any atom is -0.465 e. The molecule has 0 unspecified atom stereocenters. The van der Waals surface area contributed by atoms with Gasteiger partial charge in [0.1, 0.15) is 11.3 Å². The van der Waals surface area contributed by atoms with Crippen molar-refractivity contribution < 1.29 is 9.53 Å². The van der Waals surface area contributed by atoms with Crippen LogP contribution in [0.5, 0.6) is 0 Å². The van der Waals surface area contributed by atoms with Gasteiger partial charge in [0.05, 0.1) is 7.11 Å². The van der Waals surface area contributed by atoms with Crippen molar-refractivity contribution in [2.75, 3.05) is 7.11 Å². The molecule has 0 spiro atoms. The van der Waals surface area contributed by atoms with Crippen LogP contribution in [-0.2, 0) is 11.8 Å². The molecule has 2 rings (SSSR count). The number of ether oxygens (including phenoxy) is 1. The number of aryl methyl sites for hydroxylation is 1. The highest BCUT2D eigenvalue weighted by molar-refractivity contribution is 6.06. The Kier molecular flexibility index (Phi) is 4.47. The quantitative estimate of drug-likeness (QED) is 0.485. The number of nitrogens with zero attached hydrogens (tertiary/aromatic N) is 1. The Morgan fingerprint density at radius 2 is 2.10 bits per heavy atom. The lowest BCUT2D eigenvalue weighted by Crippen LogP contribution is -2.04. The fourth-order valence-corrected chi connectivity index (χ4v) is 2.26. The monoisotopic (exact) mass is 269 g/mol. The molecule has 0 aliphatic carbocycles. The maximum absolute atomic E-state index is 12.0. The molecule has 3 nitrogen and oxygen atoms in total. The van der Waals surface area contributed by atoms with Crippen molar-refractivity contribution >= 4 is 16.9 Å². The van der Waals surface area contributed by atoms with Crippen LogP contribution in [0.25, 0.3) is 10.9 Å². The van der Waals surface area contributed by atoms with Gasteiger partial charge in [0.2, 0.25) is 0 Å². The molecule has 3 heteroatoms. The van der Waals surface area contributed by atoms with Gasteiger partial charge in [0, 0.05) is 24.4 Å². The van der Waals surface area contributed by atoms with E-state index in [-0.39, 0.29) is 5.97 Å². The van der Waals surface area contributed by atoms with Crippen molar-refractivity contribution in [2.45, 2.75) is 26.2 Å². The molecule has 0 N–H and O–H groups in total. The Morgan fingerprint density at radius 3 is 2.80 bits per heavy atom. The second-order valence-corrected chi connectivity index (χ2v) is 4.70. The van der Waals surface area contributed by atoms with Crippen LogP contribution in [0.2, 0.25) is 0 Å². The first-order valence-corrected chi connectivity index (χ1v) is 6.85. The summed E-state index contributed by atoms with van der Waals surface area (Å²) in [6.45, 7) is 2.14. The average Bonchev–Trinajstić information content (AvgIpc) is 2.76. The standard InChI is InChI=1S/C17H19NO2/c1-4-5-6-7-12-15-16(17(19)20-3)13-10-8-9-11-14(13)18(15)2/h8-11H,4-6H2,1-3H3. The predicted octanol–water partition coefficient (Wildman–Crippen LogP) is 3.51. The van der Waals surface area contributed by atoms with E-state index in [1.807, 2.05) is 35.9 Å². The lowest BCUT2D eigenvalue weighted by Gasteiger charge is -1.99. The molecule has 1 aromatic heterocycles. The number of carbonyl (C=O) groups excluding carboxylic acids is 1. The van der Waals surface area contributed by atoms with Gasteiger partial charge in [0.15, 0.2) is 0 Å². The van der Waals surface area contributed by atoms with Gasteiger partial charge in [-0.1, -0.05) is 37.5 Å². The van der Waals surface area contributed by atoms with Crippen LogP contribution < -0.4 is 0 Å². The third kappa shape index (κ3) is 2.55. The topological polar surface area (TPSA) is 31.2 Å². The van der Waals surface area contributed by atoms with Crippen LogP contribution >= 0.6 is 0 Å². The van der Waals surface area contributed by atoms with Gasteiger partial charge < -0.3 is 9.30 Å². The zero-order valence-electron chi connectivity index (χ0n) is 12.2. The van der Waals surface area contributed by atoms with Gasteiger partial charge in [-0.3, -0.25) is 0 Å². The molecular weight excluding hydrogens is 250 g/mol. The summed E-state index contributed by atoms with van der Waals surface area (Å²) in [6.07, 6.45) is 3.04. The van der Waals surface area contributed by atoms with Crippen LogP contribution in [0.4, 0.5) is 0 Å². The zero-order valence-corrected chi connectivity index (χ0v) is 12.2. The number of aromatic nitrogens is 1. The van der Waals surface area contributed by atoms with Gasteiger partial charge in [0.25, 0.3) is 0 Å². The molecule has 20 heavy (non-hydrogen) atoms. The Bertz CT molecular complexity index is 686. The summed E-state index contributed by atoms with van der Waals surface area (Å²) in [4.78, 5) is 12.0. The average molecular weight is 269 g/mol. The number of hydrogen-bond acceptors (Lipinski definition) is 2. The second-order valence-electron chi connectivity index (χ2n) is 4.70. The molecule has 0 bridgehead atoms. The van der Waals surface area contributed by atoms with Crippen molar-refractivity contribution in [3.8, 4) is 11.8 Å². The molecule has 0 atom stereocenters. The van der Waals surface area contributed by atoms with E-state index in [0.717, 1.165) is 35.9 Å². The van der Waals surface area contributed by atoms with E-state index in [0.29, 0.717) is 5.56 Å². The van der Waals surface area contributed by atoms with Crippen molar-refractivity contribution in [3.63, 3.8) is 0 Å². The minimum absolute atomic E-state index is 0.332. The number of rotatable bonds is 3. The SMILES string of the molecule is CCCCC#Cc1c(C(=O)OC)c2ccccc2n1C. The number of para-hydroxylation sites is 1. The first kappa shape index (κ1) is 14.2. The van der Waals surface area contributed by atoms with Crippen molar-refractivity contribution in [3.05, 3.63) is 35.5 Å². The fourth-order valence-electron chi connectivity index (χ4n) is 2.26. The largest absolute Gasteiger partial charge is 0.465 e. The van der Waals surface area contributed by atoms with E-state index in [1.54, 1.807) is 0 Å². The first-order valence-electron chi connectivity index (χ1n) is 6.85. The van der Waals surface area contributed by atoms with Gasteiger partial charge in [-0.25, -0.2) is 4.79 Å². The molecule has 2 aromatic rings. The number of fused-ring (bicyclic) bond motifs is 1. The van der Waals surface area contributed by atoms with Crippen LogP contribution in [0, 0.1) is 11.8 Å². The summed E-state index contributed by atoms with van der Waals surface area (Å²) in [5.41, 5.74) is 2.29. The predicted molar refractivity (Wildman–Crippen MR) is 80.7 cm³/mol. The molecule has 104 valence electrons. The Hall–Kier alpha value is -2.21. The molecule has 0 saturated heterocycles. The van der Waals surface area contributed by atoms with Gasteiger partial charge >= 0.3 is 5.97 Å². The van der Waals surface area contributed by atoms with E-state index >= 15 is 0 Å². The van der Waals surface area contributed by atoms with E-state index < -0.39 is 0 Å². The smallest absolute Gasteiger partial charge is 0.341 e. The van der Waals surface area contributed by atoms with Crippen molar-refractivity contribution in [2.24, 2.45) is 7.05 Å². The van der Waals surface area contributed by atoms with Gasteiger partial charge in [-0.05, 0) is 18.4 Å². The van der Waals surface area contributed by atoms with Crippen LogP contribution in [0.1, 0.15) is 42.2 Å². The molecule has 0 aliphatic rings. The number of benzene rings is 1. The van der Waals surface area contributed by atoms with E-state index in [9.17, 15) is 4.79 Å². The highest BCUT2D eigenvalue weighted by Gasteiger charge is 2.20. The normalized spacial score (nSPS) is 10.2. The molecule has 0 aliphatic heterocycles. The van der Waals surface area contributed by atoms with Gasteiger partial charge in [-0.2, -0.15) is 0 Å². The molecule has 1 heterocycles. The molecule has 1 aromatic carbocycles. The maximum Gasteiger partial charge on any atom is 0.341 e. The lowest BCUT2D eigenvalue weighted by molar-refractivity contribution is 0.0602. The molecule has 0 saturated carbocycles. The summed E-state index contributed by atoms with van der Waals surface area (Å²) >= 11 is 0. The van der Waals surface area contributed by atoms with Crippen LogP contribution in [0.3, 0.4) is 0 Å². The number of hydrogen-bond donors (Lipinski definition) is 0. The summed E-state index contributed by atoms with van der Waals surface area (Å²) in [5, 5.41) is 0.890. The van der Waals surface area contributed by atoms with E-state index in [4.69, 9.17) is 4.74 Å². The van der Waals surface area contributed by atoms with E-state index in [1.165, 1.54) is 7.11 Å². The number of unbranched alkanes of at least 4 members (excludes halogenated alkanes) is 2. The Morgan fingerprint density at radius 1 is 1.35 bits per heavy atom. The van der Waals surface area contributed by atoms with Crippen molar-refractivity contribution in [1.29, 1.82) is 0 Å². The third-order valence-electron chi connectivity index (χ3n) is 3.36.